The molecule has 3 aromatic rings. The molecule has 0 saturated carbocycles. The Morgan fingerprint density at radius 1 is 1.28 bits per heavy atom. The van der Waals surface area contributed by atoms with Gasteiger partial charge in [0, 0.05) is 17.8 Å². The first-order valence-electron chi connectivity index (χ1n) is 8.21. The lowest BCUT2D eigenvalue weighted by molar-refractivity contribution is 0.235. The van der Waals surface area contributed by atoms with Gasteiger partial charge in [0.15, 0.2) is 11.3 Å². The van der Waals surface area contributed by atoms with Crippen molar-refractivity contribution in [3.8, 4) is 5.75 Å². The fourth-order valence-electron chi connectivity index (χ4n) is 2.73. The number of pyridine rings is 1. The average molecular weight is 339 g/mol. The number of carbonyl (C=O) groups is 1. The number of carbonyl (C=O) groups excluding carboxylic acids is 1. The minimum atomic E-state index is -0.240. The zero-order valence-electron chi connectivity index (χ0n) is 14.3. The molecule has 0 spiro atoms. The van der Waals surface area contributed by atoms with Crippen molar-refractivity contribution in [1.82, 2.24) is 15.6 Å². The molecule has 0 radical (unpaired) electrons. The van der Waals surface area contributed by atoms with Crippen LogP contribution in [0.5, 0.6) is 5.75 Å². The predicted molar refractivity (Wildman–Crippen MR) is 95.4 cm³/mol. The first kappa shape index (κ1) is 16.8. The largest absolute Gasteiger partial charge is 0.493 e. The second-order valence-electron chi connectivity index (χ2n) is 5.66. The Labute approximate surface area is 146 Å². The molecule has 0 aliphatic carbocycles. The Bertz CT molecular complexity index is 846. The number of ether oxygens (including phenoxy) is 1. The van der Waals surface area contributed by atoms with Crippen molar-refractivity contribution in [3.05, 3.63) is 60.1 Å². The van der Waals surface area contributed by atoms with Gasteiger partial charge in [0.25, 0.3) is 0 Å². The van der Waals surface area contributed by atoms with Crippen molar-refractivity contribution in [2.75, 3.05) is 7.11 Å². The first-order chi connectivity index (χ1) is 12.2. The topological polar surface area (TPSA) is 76.4 Å². The normalized spacial score (nSPS) is 11.9. The van der Waals surface area contributed by atoms with Gasteiger partial charge in [-0.2, -0.15) is 0 Å². The minimum absolute atomic E-state index is 0.0567. The minimum Gasteiger partial charge on any atom is -0.493 e. The van der Waals surface area contributed by atoms with Crippen molar-refractivity contribution in [2.45, 2.75) is 25.9 Å². The number of benzene rings is 1. The average Bonchev–Trinajstić information content (AvgIpc) is 3.08. The molecular formula is C19H21N3O3. The van der Waals surface area contributed by atoms with Crippen molar-refractivity contribution < 1.29 is 13.9 Å². The van der Waals surface area contributed by atoms with Gasteiger partial charge in [-0.1, -0.05) is 19.1 Å². The molecule has 0 bridgehead atoms. The van der Waals surface area contributed by atoms with Gasteiger partial charge in [-0.25, -0.2) is 4.79 Å². The summed E-state index contributed by atoms with van der Waals surface area (Å²) in [6.07, 6.45) is 4.23. The molecule has 0 aliphatic rings. The number of urea groups is 1. The Hall–Kier alpha value is -3.02. The van der Waals surface area contributed by atoms with Crippen LogP contribution in [-0.2, 0) is 6.54 Å². The lowest BCUT2D eigenvalue weighted by atomic mass is 10.1. The van der Waals surface area contributed by atoms with E-state index in [-0.39, 0.29) is 12.1 Å². The van der Waals surface area contributed by atoms with E-state index in [1.807, 2.05) is 43.3 Å². The van der Waals surface area contributed by atoms with Crippen molar-refractivity contribution in [1.29, 1.82) is 0 Å². The molecule has 2 N–H and O–H groups in total. The van der Waals surface area contributed by atoms with Gasteiger partial charge >= 0.3 is 6.03 Å². The fourth-order valence-corrected chi connectivity index (χ4v) is 2.73. The zero-order chi connectivity index (χ0) is 17.6. The number of rotatable bonds is 6. The molecule has 1 atom stereocenters. The van der Waals surface area contributed by atoms with E-state index < -0.39 is 0 Å². The van der Waals surface area contributed by atoms with E-state index in [1.54, 1.807) is 19.5 Å². The van der Waals surface area contributed by atoms with E-state index in [1.165, 1.54) is 0 Å². The van der Waals surface area contributed by atoms with Crippen LogP contribution in [0, 0.1) is 0 Å². The Morgan fingerprint density at radius 3 is 2.80 bits per heavy atom. The lowest BCUT2D eigenvalue weighted by Crippen LogP contribution is -2.37. The molecule has 0 aliphatic heterocycles. The Balaban J connectivity index is 1.62. The quantitative estimate of drug-likeness (QED) is 0.716. The van der Waals surface area contributed by atoms with Crippen molar-refractivity contribution in [2.24, 2.45) is 0 Å². The number of hydrogen-bond donors (Lipinski definition) is 2. The summed E-state index contributed by atoms with van der Waals surface area (Å²) in [5.41, 5.74) is 1.71. The summed E-state index contributed by atoms with van der Waals surface area (Å²) in [5, 5.41) is 6.74. The molecule has 0 unspecified atom stereocenters. The van der Waals surface area contributed by atoms with E-state index in [0.717, 1.165) is 17.4 Å². The SMILES string of the molecule is CC[C@@H](NC(=O)NCc1cc2cccc(OC)c2o1)c1ccncc1. The number of aromatic nitrogens is 1. The maximum atomic E-state index is 12.2. The third kappa shape index (κ3) is 3.91. The van der Waals surface area contributed by atoms with Crippen molar-refractivity contribution >= 4 is 17.0 Å². The fraction of sp³-hybridized carbons (Fsp3) is 0.263. The molecule has 6 nitrogen and oxygen atoms in total. The highest BCUT2D eigenvalue weighted by atomic mass is 16.5. The third-order valence-electron chi connectivity index (χ3n) is 4.02. The van der Waals surface area contributed by atoms with Gasteiger partial charge < -0.3 is 19.8 Å². The Kier molecular flexibility index (Phi) is 5.18. The molecule has 2 aromatic heterocycles. The maximum Gasteiger partial charge on any atom is 0.315 e. The van der Waals surface area contributed by atoms with Crippen LogP contribution in [0.1, 0.15) is 30.7 Å². The third-order valence-corrected chi connectivity index (χ3v) is 4.02. The summed E-state index contributed by atoms with van der Waals surface area (Å²) in [7, 11) is 1.60. The molecule has 1 aromatic carbocycles. The van der Waals surface area contributed by atoms with Crippen LogP contribution < -0.4 is 15.4 Å². The number of para-hydroxylation sites is 1. The van der Waals surface area contributed by atoms with Crippen LogP contribution >= 0.6 is 0 Å². The summed E-state index contributed by atoms with van der Waals surface area (Å²) in [4.78, 5) is 16.2. The monoisotopic (exact) mass is 339 g/mol. The summed E-state index contributed by atoms with van der Waals surface area (Å²) in [6.45, 7) is 2.33. The van der Waals surface area contributed by atoms with E-state index in [9.17, 15) is 4.79 Å². The molecule has 2 amide bonds. The van der Waals surface area contributed by atoms with Crippen LogP contribution in [0.4, 0.5) is 4.79 Å². The second kappa shape index (κ2) is 7.70. The van der Waals surface area contributed by atoms with Gasteiger partial charge in [-0.15, -0.1) is 0 Å². The number of furan rings is 1. The van der Waals surface area contributed by atoms with Crippen LogP contribution in [0.2, 0.25) is 0 Å². The number of methoxy groups -OCH3 is 1. The Morgan fingerprint density at radius 2 is 2.08 bits per heavy atom. The number of nitrogens with zero attached hydrogens (tertiary/aromatic N) is 1. The van der Waals surface area contributed by atoms with E-state index in [2.05, 4.69) is 15.6 Å². The highest BCUT2D eigenvalue weighted by Crippen LogP contribution is 2.28. The molecule has 3 rings (SSSR count). The van der Waals surface area contributed by atoms with Gasteiger partial charge in [0.1, 0.15) is 5.76 Å². The van der Waals surface area contributed by atoms with Crippen LogP contribution in [0.25, 0.3) is 11.0 Å². The van der Waals surface area contributed by atoms with E-state index >= 15 is 0 Å². The summed E-state index contributed by atoms with van der Waals surface area (Å²) in [5.74, 6) is 1.35. The second-order valence-corrected chi connectivity index (χ2v) is 5.66. The van der Waals surface area contributed by atoms with Crippen LogP contribution in [-0.4, -0.2) is 18.1 Å². The van der Waals surface area contributed by atoms with Gasteiger partial charge in [-0.3, -0.25) is 4.98 Å². The van der Waals surface area contributed by atoms with E-state index in [0.29, 0.717) is 23.6 Å². The summed E-state index contributed by atoms with van der Waals surface area (Å²) < 4.78 is 11.1. The van der Waals surface area contributed by atoms with Gasteiger partial charge in [0.05, 0.1) is 19.7 Å². The van der Waals surface area contributed by atoms with E-state index in [4.69, 9.17) is 9.15 Å². The van der Waals surface area contributed by atoms with Gasteiger partial charge in [-0.05, 0) is 36.2 Å². The summed E-state index contributed by atoms with van der Waals surface area (Å²) >= 11 is 0. The molecule has 0 fully saturated rings. The molecule has 0 saturated heterocycles. The maximum absolute atomic E-state index is 12.2. The number of nitrogens with one attached hydrogen (secondary N) is 2. The molecule has 2 heterocycles. The highest BCUT2D eigenvalue weighted by Gasteiger charge is 2.13. The molecule has 130 valence electrons. The highest BCUT2D eigenvalue weighted by molar-refractivity contribution is 5.83. The van der Waals surface area contributed by atoms with Crippen molar-refractivity contribution in [3.63, 3.8) is 0 Å². The molecule has 25 heavy (non-hydrogen) atoms. The zero-order valence-corrected chi connectivity index (χ0v) is 14.3. The number of hydrogen-bond acceptors (Lipinski definition) is 4. The predicted octanol–water partition coefficient (Wildman–Crippen LogP) is 3.79. The molecular weight excluding hydrogens is 318 g/mol. The van der Waals surface area contributed by atoms with Crippen LogP contribution in [0.3, 0.4) is 0 Å². The summed E-state index contributed by atoms with van der Waals surface area (Å²) in [6, 6.07) is 11.1. The standard InChI is InChI=1S/C19H21N3O3/c1-3-16(13-7-9-20-10-8-13)22-19(23)21-12-15-11-14-5-4-6-17(24-2)18(14)25-15/h4-11,16H,3,12H2,1-2H3,(H2,21,22,23)/t16-/m1/s1. The lowest BCUT2D eigenvalue weighted by Gasteiger charge is -2.17. The molecule has 6 heteroatoms. The number of fused-ring (bicyclic) bond motifs is 1. The van der Waals surface area contributed by atoms with Gasteiger partial charge in [0.2, 0.25) is 0 Å². The van der Waals surface area contributed by atoms with Crippen LogP contribution in [0.15, 0.2) is 53.2 Å². The smallest absolute Gasteiger partial charge is 0.315 e. The first-order valence-corrected chi connectivity index (χ1v) is 8.21. The number of amides is 2.